The predicted molar refractivity (Wildman–Crippen MR) is 89.1 cm³/mol. The number of hydrogen-bond donors (Lipinski definition) is 1. The van der Waals surface area contributed by atoms with E-state index in [4.69, 9.17) is 11.6 Å². The van der Waals surface area contributed by atoms with E-state index in [-0.39, 0.29) is 0 Å². The average molecular weight is 312 g/mol. The molecule has 0 aliphatic rings. The molecule has 6 heteroatoms. The molecule has 1 heterocycles. The van der Waals surface area contributed by atoms with Crippen molar-refractivity contribution in [2.24, 2.45) is 0 Å². The second-order valence-electron chi connectivity index (χ2n) is 4.67. The highest BCUT2D eigenvalue weighted by atomic mass is 35.5. The maximum Gasteiger partial charge on any atom is 0.249 e. The molecule has 0 fully saturated rings. The fourth-order valence-electron chi connectivity index (χ4n) is 1.99. The fraction of sp³-hybridized carbons (Fsp3) is 0.0625. The zero-order valence-corrected chi connectivity index (χ0v) is 12.7. The third-order valence-corrected chi connectivity index (χ3v) is 3.35. The molecule has 0 aliphatic heterocycles. The highest BCUT2D eigenvalue weighted by molar-refractivity contribution is 6.30. The number of hydrogen-bond acceptors (Lipinski definition) is 5. The zero-order valence-electron chi connectivity index (χ0n) is 11.9. The Morgan fingerprint density at radius 2 is 1.86 bits per heavy atom. The molecular weight excluding hydrogens is 298 g/mol. The van der Waals surface area contributed by atoms with E-state index in [1.807, 2.05) is 60.5 Å². The van der Waals surface area contributed by atoms with E-state index in [0.29, 0.717) is 16.8 Å². The number of nitrogens with zero attached hydrogens (tertiary/aromatic N) is 4. The van der Waals surface area contributed by atoms with Gasteiger partial charge in [0.05, 0.1) is 6.20 Å². The molecule has 3 aromatic rings. The van der Waals surface area contributed by atoms with Gasteiger partial charge in [0.15, 0.2) is 5.82 Å². The molecule has 0 saturated carbocycles. The SMILES string of the molecule is CN(c1ccccc1)c1cnnc(Nc2cccc(Cl)c2)n1. The van der Waals surface area contributed by atoms with Crippen molar-refractivity contribution in [3.05, 3.63) is 65.8 Å². The van der Waals surface area contributed by atoms with Gasteiger partial charge in [-0.05, 0) is 30.3 Å². The van der Waals surface area contributed by atoms with Gasteiger partial charge < -0.3 is 10.2 Å². The molecule has 0 unspecified atom stereocenters. The van der Waals surface area contributed by atoms with Gasteiger partial charge in [0.2, 0.25) is 5.95 Å². The first kappa shape index (κ1) is 14.3. The van der Waals surface area contributed by atoms with Crippen molar-refractivity contribution in [3.8, 4) is 0 Å². The molecule has 22 heavy (non-hydrogen) atoms. The van der Waals surface area contributed by atoms with E-state index in [1.54, 1.807) is 12.3 Å². The minimum absolute atomic E-state index is 0.419. The molecule has 3 rings (SSSR count). The van der Waals surface area contributed by atoms with Crippen molar-refractivity contribution < 1.29 is 0 Å². The Balaban J connectivity index is 1.83. The standard InChI is InChI=1S/C16H14ClN5/c1-22(14-8-3-2-4-9-14)15-11-18-21-16(20-15)19-13-7-5-6-12(17)10-13/h2-11H,1H3,(H,19,20,21). The van der Waals surface area contributed by atoms with E-state index < -0.39 is 0 Å². The topological polar surface area (TPSA) is 53.9 Å². The Kier molecular flexibility index (Phi) is 4.16. The summed E-state index contributed by atoms with van der Waals surface area (Å²) >= 11 is 5.97. The predicted octanol–water partition coefficient (Wildman–Crippen LogP) is 4.04. The molecule has 0 aliphatic carbocycles. The number of rotatable bonds is 4. The van der Waals surface area contributed by atoms with Crippen molar-refractivity contribution in [2.75, 3.05) is 17.3 Å². The van der Waals surface area contributed by atoms with E-state index in [1.165, 1.54) is 0 Å². The van der Waals surface area contributed by atoms with Crippen LogP contribution in [0.4, 0.5) is 23.1 Å². The first-order valence-corrected chi connectivity index (χ1v) is 7.11. The van der Waals surface area contributed by atoms with E-state index >= 15 is 0 Å². The van der Waals surface area contributed by atoms with Crippen LogP contribution in [0.15, 0.2) is 60.8 Å². The third kappa shape index (κ3) is 3.32. The Hall–Kier alpha value is -2.66. The molecule has 110 valence electrons. The Morgan fingerprint density at radius 1 is 1.05 bits per heavy atom. The number of para-hydroxylation sites is 1. The summed E-state index contributed by atoms with van der Waals surface area (Å²) in [5.41, 5.74) is 1.84. The maximum atomic E-state index is 5.97. The largest absolute Gasteiger partial charge is 0.328 e. The van der Waals surface area contributed by atoms with Gasteiger partial charge in [-0.2, -0.15) is 10.1 Å². The van der Waals surface area contributed by atoms with Crippen LogP contribution < -0.4 is 10.2 Å². The van der Waals surface area contributed by atoms with Crippen LogP contribution in [-0.4, -0.2) is 22.2 Å². The smallest absolute Gasteiger partial charge is 0.249 e. The molecule has 1 aromatic heterocycles. The van der Waals surface area contributed by atoms with Crippen LogP contribution >= 0.6 is 11.6 Å². The highest BCUT2D eigenvalue weighted by Crippen LogP contribution is 2.22. The van der Waals surface area contributed by atoms with Gasteiger partial charge in [-0.3, -0.25) is 0 Å². The number of aromatic nitrogens is 3. The van der Waals surface area contributed by atoms with E-state index in [0.717, 1.165) is 11.4 Å². The molecule has 0 bridgehead atoms. The lowest BCUT2D eigenvalue weighted by Crippen LogP contribution is -2.13. The van der Waals surface area contributed by atoms with Crippen LogP contribution in [0, 0.1) is 0 Å². The van der Waals surface area contributed by atoms with Crippen LogP contribution in [0.25, 0.3) is 0 Å². The lowest BCUT2D eigenvalue weighted by atomic mass is 10.3. The summed E-state index contributed by atoms with van der Waals surface area (Å²) in [7, 11) is 1.93. The van der Waals surface area contributed by atoms with Crippen molar-refractivity contribution in [2.45, 2.75) is 0 Å². The van der Waals surface area contributed by atoms with Crippen LogP contribution in [0.3, 0.4) is 0 Å². The molecule has 5 nitrogen and oxygen atoms in total. The summed E-state index contributed by atoms with van der Waals surface area (Å²) in [6, 6.07) is 17.3. The summed E-state index contributed by atoms with van der Waals surface area (Å²) in [4.78, 5) is 6.41. The van der Waals surface area contributed by atoms with Crippen LogP contribution in [0.5, 0.6) is 0 Å². The summed E-state index contributed by atoms with van der Waals surface area (Å²) < 4.78 is 0. The molecule has 1 N–H and O–H groups in total. The number of halogens is 1. The summed E-state index contributed by atoms with van der Waals surface area (Å²) in [6.45, 7) is 0. The normalized spacial score (nSPS) is 10.3. The van der Waals surface area contributed by atoms with Crippen LogP contribution in [0.1, 0.15) is 0 Å². The third-order valence-electron chi connectivity index (χ3n) is 3.11. The highest BCUT2D eigenvalue weighted by Gasteiger charge is 2.07. The lowest BCUT2D eigenvalue weighted by Gasteiger charge is -2.18. The molecule has 2 aromatic carbocycles. The van der Waals surface area contributed by atoms with Gasteiger partial charge in [0.1, 0.15) is 0 Å². The zero-order chi connectivity index (χ0) is 15.4. The van der Waals surface area contributed by atoms with Gasteiger partial charge in [-0.15, -0.1) is 5.10 Å². The summed E-state index contributed by atoms with van der Waals surface area (Å²) in [6.07, 6.45) is 1.62. The fourth-order valence-corrected chi connectivity index (χ4v) is 2.18. The number of anilines is 4. The lowest BCUT2D eigenvalue weighted by molar-refractivity contribution is 0.957. The summed E-state index contributed by atoms with van der Waals surface area (Å²) in [5, 5.41) is 11.7. The van der Waals surface area contributed by atoms with Gasteiger partial charge in [-0.1, -0.05) is 35.9 Å². The van der Waals surface area contributed by atoms with E-state index in [2.05, 4.69) is 20.5 Å². The van der Waals surface area contributed by atoms with Crippen molar-refractivity contribution in [3.63, 3.8) is 0 Å². The molecular formula is C16H14ClN5. The summed E-state index contributed by atoms with van der Waals surface area (Å²) in [5.74, 6) is 1.12. The van der Waals surface area contributed by atoms with Gasteiger partial charge in [0, 0.05) is 23.4 Å². The van der Waals surface area contributed by atoms with Gasteiger partial charge in [0.25, 0.3) is 0 Å². The van der Waals surface area contributed by atoms with Crippen molar-refractivity contribution >= 4 is 34.7 Å². The molecule has 0 amide bonds. The monoisotopic (exact) mass is 311 g/mol. The van der Waals surface area contributed by atoms with Crippen molar-refractivity contribution in [1.29, 1.82) is 0 Å². The maximum absolute atomic E-state index is 5.97. The average Bonchev–Trinajstić information content (AvgIpc) is 2.55. The number of benzene rings is 2. The van der Waals surface area contributed by atoms with Crippen LogP contribution in [0.2, 0.25) is 5.02 Å². The first-order valence-electron chi connectivity index (χ1n) is 6.73. The number of nitrogens with one attached hydrogen (secondary N) is 1. The minimum Gasteiger partial charge on any atom is -0.328 e. The molecule has 0 saturated heterocycles. The second kappa shape index (κ2) is 6.41. The Morgan fingerprint density at radius 3 is 2.64 bits per heavy atom. The van der Waals surface area contributed by atoms with Gasteiger partial charge >= 0.3 is 0 Å². The Bertz CT molecular complexity index is 763. The quantitative estimate of drug-likeness (QED) is 0.788. The van der Waals surface area contributed by atoms with Crippen LogP contribution in [-0.2, 0) is 0 Å². The van der Waals surface area contributed by atoms with Gasteiger partial charge in [-0.25, -0.2) is 0 Å². The van der Waals surface area contributed by atoms with Crippen molar-refractivity contribution in [1.82, 2.24) is 15.2 Å². The minimum atomic E-state index is 0.419. The first-order chi connectivity index (χ1) is 10.7. The molecule has 0 radical (unpaired) electrons. The second-order valence-corrected chi connectivity index (χ2v) is 5.10. The molecule has 0 atom stereocenters. The Labute approximate surface area is 133 Å². The van der Waals surface area contributed by atoms with E-state index in [9.17, 15) is 0 Å². The molecule has 0 spiro atoms.